The fourth-order valence-corrected chi connectivity index (χ4v) is 1.42. The quantitative estimate of drug-likeness (QED) is 0.700. The van der Waals surface area contributed by atoms with E-state index in [2.05, 4.69) is 10.5 Å². The molecule has 0 spiro atoms. The van der Waals surface area contributed by atoms with Crippen molar-refractivity contribution in [2.24, 2.45) is 5.16 Å². The van der Waals surface area contributed by atoms with E-state index in [1.807, 2.05) is 0 Å². The number of nitrogens with one attached hydrogen (secondary N) is 1. The predicted molar refractivity (Wildman–Crippen MR) is 52.3 cm³/mol. The van der Waals surface area contributed by atoms with Crippen LogP contribution >= 0.6 is 11.6 Å². The molecule has 1 N–H and O–H groups in total. The van der Waals surface area contributed by atoms with Crippen LogP contribution in [0, 0.1) is 0 Å². The zero-order chi connectivity index (χ0) is 10.6. The van der Waals surface area contributed by atoms with Gasteiger partial charge in [-0.1, -0.05) is 16.8 Å². The standard InChI is InChI=1S/C8H13ClN2O3/c1-3-13-8(12)7(10-2)5-4-6(9)11-14-5/h5,7,10H,3-4H2,1-2H3/t5-,7-/m0/s1. The molecule has 80 valence electrons. The Morgan fingerprint density at radius 3 is 3.07 bits per heavy atom. The van der Waals surface area contributed by atoms with E-state index in [1.54, 1.807) is 14.0 Å². The summed E-state index contributed by atoms with van der Waals surface area (Å²) in [5.41, 5.74) is 0. The summed E-state index contributed by atoms with van der Waals surface area (Å²) in [5.74, 6) is -0.346. The van der Waals surface area contributed by atoms with E-state index in [9.17, 15) is 4.79 Å². The monoisotopic (exact) mass is 220 g/mol. The average Bonchev–Trinajstić information content (AvgIpc) is 2.54. The van der Waals surface area contributed by atoms with Crippen LogP contribution in [0.5, 0.6) is 0 Å². The summed E-state index contributed by atoms with van der Waals surface area (Å²) in [6, 6.07) is -0.519. The summed E-state index contributed by atoms with van der Waals surface area (Å²) in [4.78, 5) is 16.4. The minimum atomic E-state index is -0.519. The second-order valence-electron chi connectivity index (χ2n) is 2.83. The van der Waals surface area contributed by atoms with E-state index in [1.165, 1.54) is 0 Å². The van der Waals surface area contributed by atoms with Crippen LogP contribution in [0.4, 0.5) is 0 Å². The smallest absolute Gasteiger partial charge is 0.327 e. The van der Waals surface area contributed by atoms with Crippen LogP contribution < -0.4 is 5.32 Å². The minimum Gasteiger partial charge on any atom is -0.465 e. The summed E-state index contributed by atoms with van der Waals surface area (Å²) >= 11 is 5.63. The maximum atomic E-state index is 11.4. The molecule has 0 fully saturated rings. The van der Waals surface area contributed by atoms with Crippen molar-refractivity contribution in [1.29, 1.82) is 0 Å². The third-order valence-corrected chi connectivity index (χ3v) is 2.10. The van der Waals surface area contributed by atoms with Gasteiger partial charge in [0.15, 0.2) is 6.10 Å². The van der Waals surface area contributed by atoms with Crippen molar-refractivity contribution in [2.75, 3.05) is 13.7 Å². The van der Waals surface area contributed by atoms with Gasteiger partial charge in [0, 0.05) is 6.42 Å². The Bertz CT molecular complexity index is 245. The summed E-state index contributed by atoms with van der Waals surface area (Å²) in [7, 11) is 1.66. The molecule has 0 aromatic rings. The van der Waals surface area contributed by atoms with Gasteiger partial charge >= 0.3 is 5.97 Å². The van der Waals surface area contributed by atoms with Gasteiger partial charge in [-0.15, -0.1) is 0 Å². The van der Waals surface area contributed by atoms with Gasteiger partial charge in [0.2, 0.25) is 0 Å². The Balaban J connectivity index is 2.50. The molecule has 1 rings (SSSR count). The van der Waals surface area contributed by atoms with Crippen LogP contribution in [0.25, 0.3) is 0 Å². The Hall–Kier alpha value is -0.810. The first kappa shape index (κ1) is 11.3. The number of likely N-dealkylation sites (N-methyl/N-ethyl adjacent to an activating group) is 1. The maximum Gasteiger partial charge on any atom is 0.327 e. The fourth-order valence-electron chi connectivity index (χ4n) is 1.23. The van der Waals surface area contributed by atoms with Crippen LogP contribution in [-0.2, 0) is 14.4 Å². The molecule has 0 aromatic carbocycles. The van der Waals surface area contributed by atoms with Crippen LogP contribution in [0.2, 0.25) is 0 Å². The van der Waals surface area contributed by atoms with Gasteiger partial charge in [-0.2, -0.15) is 0 Å². The highest BCUT2D eigenvalue weighted by molar-refractivity contribution is 6.65. The van der Waals surface area contributed by atoms with Gasteiger partial charge in [0.05, 0.1) is 6.61 Å². The predicted octanol–water partition coefficient (Wildman–Crippen LogP) is 0.479. The molecule has 0 bridgehead atoms. The first-order valence-corrected chi connectivity index (χ1v) is 4.79. The van der Waals surface area contributed by atoms with Gasteiger partial charge < -0.3 is 14.9 Å². The van der Waals surface area contributed by atoms with Gasteiger partial charge in [-0.3, -0.25) is 4.79 Å². The number of esters is 1. The number of hydrogen-bond donors (Lipinski definition) is 1. The molecule has 6 heteroatoms. The number of nitrogens with zero attached hydrogens (tertiary/aromatic N) is 1. The van der Waals surface area contributed by atoms with E-state index in [-0.39, 0.29) is 12.1 Å². The molecular formula is C8H13ClN2O3. The highest BCUT2D eigenvalue weighted by Crippen LogP contribution is 2.16. The van der Waals surface area contributed by atoms with Gasteiger partial charge in [-0.05, 0) is 14.0 Å². The molecule has 0 radical (unpaired) electrons. The highest BCUT2D eigenvalue weighted by Gasteiger charge is 2.34. The van der Waals surface area contributed by atoms with Crippen molar-refractivity contribution in [3.8, 4) is 0 Å². The molecule has 1 aliphatic rings. The molecule has 0 unspecified atom stereocenters. The number of carbonyl (C=O) groups excluding carboxylic acids is 1. The van der Waals surface area contributed by atoms with Crippen molar-refractivity contribution in [2.45, 2.75) is 25.5 Å². The van der Waals surface area contributed by atoms with Crippen molar-refractivity contribution in [3.05, 3.63) is 0 Å². The normalized spacial score (nSPS) is 22.5. The number of carbonyl (C=O) groups is 1. The summed E-state index contributed by atoms with van der Waals surface area (Å²) < 4.78 is 4.87. The number of halogens is 1. The van der Waals surface area contributed by atoms with E-state index in [0.29, 0.717) is 18.2 Å². The number of hydrogen-bond acceptors (Lipinski definition) is 5. The fraction of sp³-hybridized carbons (Fsp3) is 0.750. The zero-order valence-electron chi connectivity index (χ0n) is 8.12. The van der Waals surface area contributed by atoms with Gasteiger partial charge in [0.25, 0.3) is 0 Å². The lowest BCUT2D eigenvalue weighted by Crippen LogP contribution is -2.45. The van der Waals surface area contributed by atoms with Crippen LogP contribution in [0.1, 0.15) is 13.3 Å². The highest BCUT2D eigenvalue weighted by atomic mass is 35.5. The first-order valence-electron chi connectivity index (χ1n) is 4.41. The van der Waals surface area contributed by atoms with E-state index in [4.69, 9.17) is 21.2 Å². The number of ether oxygens (including phenoxy) is 1. The Morgan fingerprint density at radius 1 is 1.93 bits per heavy atom. The summed E-state index contributed by atoms with van der Waals surface area (Å²) in [6.07, 6.45) is 0.0675. The van der Waals surface area contributed by atoms with Crippen molar-refractivity contribution >= 4 is 22.7 Å². The lowest BCUT2D eigenvalue weighted by atomic mass is 10.1. The topological polar surface area (TPSA) is 59.9 Å². The second kappa shape index (κ2) is 5.17. The van der Waals surface area contributed by atoms with E-state index < -0.39 is 6.04 Å². The molecule has 0 saturated heterocycles. The number of oxime groups is 1. The van der Waals surface area contributed by atoms with Crippen molar-refractivity contribution in [1.82, 2.24) is 5.32 Å². The van der Waals surface area contributed by atoms with Gasteiger partial charge in [-0.25, -0.2) is 0 Å². The molecule has 14 heavy (non-hydrogen) atoms. The maximum absolute atomic E-state index is 11.4. The third-order valence-electron chi connectivity index (χ3n) is 1.88. The Morgan fingerprint density at radius 2 is 2.64 bits per heavy atom. The molecule has 2 atom stereocenters. The second-order valence-corrected chi connectivity index (χ2v) is 3.27. The lowest BCUT2D eigenvalue weighted by Gasteiger charge is -2.18. The largest absolute Gasteiger partial charge is 0.465 e. The minimum absolute atomic E-state index is 0.346. The lowest BCUT2D eigenvalue weighted by molar-refractivity contribution is -0.149. The summed E-state index contributed by atoms with van der Waals surface area (Å²) in [5, 5.41) is 6.76. The molecule has 0 aliphatic carbocycles. The van der Waals surface area contributed by atoms with Gasteiger partial charge in [0.1, 0.15) is 11.2 Å². The molecule has 5 nitrogen and oxygen atoms in total. The van der Waals surface area contributed by atoms with Crippen molar-refractivity contribution < 1.29 is 14.4 Å². The molecular weight excluding hydrogens is 208 g/mol. The first-order chi connectivity index (χ1) is 6.69. The van der Waals surface area contributed by atoms with E-state index >= 15 is 0 Å². The Kier molecular flexibility index (Phi) is 4.16. The SMILES string of the molecule is CCOC(=O)[C@@H](NC)[C@@H]1CC(Cl)=NO1. The van der Waals surface area contributed by atoms with Crippen LogP contribution in [-0.4, -0.2) is 36.9 Å². The molecule has 0 saturated carbocycles. The Labute approximate surface area is 87.4 Å². The van der Waals surface area contributed by atoms with E-state index in [0.717, 1.165) is 0 Å². The van der Waals surface area contributed by atoms with Crippen molar-refractivity contribution in [3.63, 3.8) is 0 Å². The molecule has 1 aliphatic heterocycles. The average molecular weight is 221 g/mol. The third kappa shape index (κ3) is 2.59. The zero-order valence-corrected chi connectivity index (χ0v) is 8.87. The molecule has 1 heterocycles. The number of rotatable bonds is 4. The summed E-state index contributed by atoms with van der Waals surface area (Å²) in [6.45, 7) is 2.10. The van der Waals surface area contributed by atoms with Crippen LogP contribution in [0.3, 0.4) is 0 Å². The molecule has 0 amide bonds. The van der Waals surface area contributed by atoms with Crippen LogP contribution in [0.15, 0.2) is 5.16 Å². The molecule has 0 aromatic heterocycles.